The summed E-state index contributed by atoms with van der Waals surface area (Å²) in [6.07, 6.45) is 2.80. The minimum Gasteiger partial charge on any atom is -0.484 e. The van der Waals surface area contributed by atoms with Crippen molar-refractivity contribution in [2.24, 2.45) is 0 Å². The number of nitrogen functional groups attached to an aromatic ring is 1. The Morgan fingerprint density at radius 2 is 1.96 bits per heavy atom. The zero-order valence-corrected chi connectivity index (χ0v) is 14.7. The van der Waals surface area contributed by atoms with Crippen molar-refractivity contribution >= 4 is 40.9 Å². The number of nitrogens with two attached hydrogens (primary N) is 1. The molecule has 0 saturated carbocycles. The fraction of sp³-hybridized carbons (Fsp3) is 0.294. The molecule has 2 heterocycles. The summed E-state index contributed by atoms with van der Waals surface area (Å²) in [5.74, 6) is 3.31. The Hall–Kier alpha value is -1.86. The first kappa shape index (κ1) is 17.0. The lowest BCUT2D eigenvalue weighted by Crippen LogP contribution is -2.20. The van der Waals surface area contributed by atoms with Crippen LogP contribution in [0, 0.1) is 0 Å². The SMILES string of the molecule is Nc1ccc(NC(=O)COc2ccc(C3SCCCS3)cc2)cn1. The summed E-state index contributed by atoms with van der Waals surface area (Å²) < 4.78 is 6.04. The normalized spacial score (nSPS) is 15.0. The third-order valence-corrected chi connectivity index (χ3v) is 6.43. The summed E-state index contributed by atoms with van der Waals surface area (Å²) in [7, 11) is 0. The molecule has 0 atom stereocenters. The highest BCUT2D eigenvalue weighted by atomic mass is 32.2. The maximum atomic E-state index is 11.9. The van der Waals surface area contributed by atoms with Crippen LogP contribution >= 0.6 is 23.5 Å². The predicted octanol–water partition coefficient (Wildman–Crippen LogP) is 3.55. The number of carbonyl (C=O) groups excluding carboxylic acids is 1. The molecule has 126 valence electrons. The van der Waals surface area contributed by atoms with Gasteiger partial charge in [0.05, 0.1) is 16.5 Å². The van der Waals surface area contributed by atoms with Crippen LogP contribution in [0.25, 0.3) is 0 Å². The summed E-state index contributed by atoms with van der Waals surface area (Å²) in [5.41, 5.74) is 7.40. The Balaban J connectivity index is 1.49. The van der Waals surface area contributed by atoms with Gasteiger partial charge in [0.1, 0.15) is 11.6 Å². The standard InChI is InChI=1S/C17H19N3O2S2/c18-15-7-4-13(10-19-15)20-16(21)11-22-14-5-2-12(3-6-14)17-23-8-1-9-24-17/h2-7,10,17H,1,8-9,11H2,(H2,18,19)(H,20,21). The van der Waals surface area contributed by atoms with Crippen molar-refractivity contribution in [1.29, 1.82) is 0 Å². The second-order valence-corrected chi connectivity index (χ2v) is 8.03. The van der Waals surface area contributed by atoms with Gasteiger partial charge in [0.25, 0.3) is 5.91 Å². The maximum absolute atomic E-state index is 11.9. The molecule has 1 aliphatic heterocycles. The molecule has 1 aromatic carbocycles. The lowest BCUT2D eigenvalue weighted by molar-refractivity contribution is -0.118. The van der Waals surface area contributed by atoms with Crippen molar-refractivity contribution in [3.63, 3.8) is 0 Å². The lowest BCUT2D eigenvalue weighted by Gasteiger charge is -2.21. The molecule has 1 amide bonds. The number of carbonyl (C=O) groups is 1. The van der Waals surface area contributed by atoms with E-state index in [1.54, 1.807) is 12.1 Å². The number of rotatable bonds is 5. The number of thioether (sulfide) groups is 2. The second-order valence-electron chi connectivity index (χ2n) is 5.30. The number of nitrogens with one attached hydrogen (secondary N) is 1. The highest BCUT2D eigenvalue weighted by Crippen LogP contribution is 2.43. The molecule has 3 rings (SSSR count). The van der Waals surface area contributed by atoms with Gasteiger partial charge in [-0.1, -0.05) is 12.1 Å². The minimum absolute atomic E-state index is 0.0450. The number of anilines is 2. The van der Waals surface area contributed by atoms with Crippen molar-refractivity contribution in [3.05, 3.63) is 48.2 Å². The molecule has 0 spiro atoms. The van der Waals surface area contributed by atoms with Crippen LogP contribution in [0.3, 0.4) is 0 Å². The molecule has 0 radical (unpaired) electrons. The number of hydrogen-bond donors (Lipinski definition) is 2. The Bertz CT molecular complexity index is 671. The summed E-state index contributed by atoms with van der Waals surface area (Å²) in [6.45, 7) is -0.0450. The van der Waals surface area contributed by atoms with Crippen LogP contribution < -0.4 is 15.8 Å². The fourth-order valence-corrected chi connectivity index (χ4v) is 5.12. The van der Waals surface area contributed by atoms with E-state index in [1.165, 1.54) is 29.7 Å². The van der Waals surface area contributed by atoms with Crippen molar-refractivity contribution < 1.29 is 9.53 Å². The van der Waals surface area contributed by atoms with E-state index in [2.05, 4.69) is 22.4 Å². The molecule has 0 aliphatic carbocycles. The van der Waals surface area contributed by atoms with Crippen molar-refractivity contribution in [2.45, 2.75) is 11.0 Å². The van der Waals surface area contributed by atoms with E-state index < -0.39 is 0 Å². The van der Waals surface area contributed by atoms with Gasteiger partial charge >= 0.3 is 0 Å². The van der Waals surface area contributed by atoms with Gasteiger partial charge in [0, 0.05) is 0 Å². The largest absolute Gasteiger partial charge is 0.484 e. The van der Waals surface area contributed by atoms with Gasteiger partial charge < -0.3 is 15.8 Å². The van der Waals surface area contributed by atoms with Gasteiger partial charge in [0.15, 0.2) is 6.61 Å². The monoisotopic (exact) mass is 361 g/mol. The molecule has 1 aromatic heterocycles. The summed E-state index contributed by atoms with van der Waals surface area (Å²) in [4.78, 5) is 15.8. The first-order valence-corrected chi connectivity index (χ1v) is 9.78. The van der Waals surface area contributed by atoms with Gasteiger partial charge in [-0.05, 0) is 47.8 Å². The lowest BCUT2D eigenvalue weighted by atomic mass is 10.2. The zero-order chi connectivity index (χ0) is 16.8. The smallest absolute Gasteiger partial charge is 0.262 e. The van der Waals surface area contributed by atoms with Gasteiger partial charge in [-0.3, -0.25) is 4.79 Å². The number of aromatic nitrogens is 1. The summed E-state index contributed by atoms with van der Waals surface area (Å²) in [6, 6.07) is 11.3. The molecule has 3 N–H and O–H groups in total. The molecule has 24 heavy (non-hydrogen) atoms. The molecule has 5 nitrogen and oxygen atoms in total. The first-order valence-electron chi connectivity index (χ1n) is 7.68. The van der Waals surface area contributed by atoms with E-state index in [0.717, 1.165) is 0 Å². The predicted molar refractivity (Wildman–Crippen MR) is 101 cm³/mol. The van der Waals surface area contributed by atoms with E-state index in [9.17, 15) is 4.79 Å². The van der Waals surface area contributed by atoms with Crippen molar-refractivity contribution in [3.8, 4) is 5.75 Å². The minimum atomic E-state index is -0.232. The Morgan fingerprint density at radius 1 is 1.21 bits per heavy atom. The number of benzene rings is 1. The molecule has 1 aliphatic rings. The topological polar surface area (TPSA) is 77.2 Å². The van der Waals surface area contributed by atoms with Crippen LogP contribution in [0.4, 0.5) is 11.5 Å². The van der Waals surface area contributed by atoms with Crippen molar-refractivity contribution in [1.82, 2.24) is 4.98 Å². The Morgan fingerprint density at radius 3 is 2.62 bits per heavy atom. The zero-order valence-electron chi connectivity index (χ0n) is 13.1. The Labute approximate surface area is 149 Å². The highest BCUT2D eigenvalue weighted by molar-refractivity contribution is 8.16. The number of nitrogens with zero attached hydrogens (tertiary/aromatic N) is 1. The molecule has 0 bridgehead atoms. The van der Waals surface area contributed by atoms with E-state index in [1.807, 2.05) is 35.7 Å². The molecule has 7 heteroatoms. The molecular formula is C17H19N3O2S2. The van der Waals surface area contributed by atoms with E-state index in [4.69, 9.17) is 10.5 Å². The molecule has 1 saturated heterocycles. The Kier molecular flexibility index (Phi) is 5.87. The third-order valence-electron chi connectivity index (χ3n) is 3.42. The molecule has 0 unspecified atom stereocenters. The van der Waals surface area contributed by atoms with Gasteiger partial charge in [-0.2, -0.15) is 0 Å². The quantitative estimate of drug-likeness (QED) is 0.848. The maximum Gasteiger partial charge on any atom is 0.262 e. The fourth-order valence-electron chi connectivity index (χ4n) is 2.23. The number of hydrogen-bond acceptors (Lipinski definition) is 6. The third kappa shape index (κ3) is 4.82. The van der Waals surface area contributed by atoms with Crippen LogP contribution in [0.2, 0.25) is 0 Å². The van der Waals surface area contributed by atoms with Crippen LogP contribution in [0.5, 0.6) is 5.75 Å². The van der Waals surface area contributed by atoms with Crippen LogP contribution in [0.1, 0.15) is 16.6 Å². The first-order chi connectivity index (χ1) is 11.7. The highest BCUT2D eigenvalue weighted by Gasteiger charge is 2.16. The average molecular weight is 361 g/mol. The van der Waals surface area contributed by atoms with E-state index in [-0.39, 0.29) is 12.5 Å². The van der Waals surface area contributed by atoms with Gasteiger partial charge in [-0.15, -0.1) is 23.5 Å². The molecule has 2 aromatic rings. The van der Waals surface area contributed by atoms with Gasteiger partial charge in [0.2, 0.25) is 0 Å². The molecular weight excluding hydrogens is 342 g/mol. The van der Waals surface area contributed by atoms with Gasteiger partial charge in [-0.25, -0.2) is 4.98 Å². The average Bonchev–Trinajstić information content (AvgIpc) is 2.63. The van der Waals surface area contributed by atoms with Crippen molar-refractivity contribution in [2.75, 3.05) is 29.2 Å². The molecule has 1 fully saturated rings. The van der Waals surface area contributed by atoms with Crippen LogP contribution in [0.15, 0.2) is 42.6 Å². The van der Waals surface area contributed by atoms with Crippen LogP contribution in [-0.4, -0.2) is 29.0 Å². The van der Waals surface area contributed by atoms with Crippen LogP contribution in [-0.2, 0) is 4.79 Å². The number of amides is 1. The summed E-state index contributed by atoms with van der Waals surface area (Å²) >= 11 is 3.97. The number of ether oxygens (including phenoxy) is 1. The second kappa shape index (κ2) is 8.30. The summed E-state index contributed by atoms with van der Waals surface area (Å²) in [5, 5.41) is 2.71. The number of pyridine rings is 1. The van der Waals surface area contributed by atoms with E-state index in [0.29, 0.717) is 21.8 Å². The van der Waals surface area contributed by atoms with E-state index >= 15 is 0 Å².